The van der Waals surface area contributed by atoms with Crippen LogP contribution in [0.25, 0.3) is 65.3 Å². The first-order chi connectivity index (χ1) is 16.3. The third-order valence-corrected chi connectivity index (χ3v) is 6.80. The van der Waals surface area contributed by atoms with E-state index in [0.717, 1.165) is 11.1 Å². The van der Waals surface area contributed by atoms with Gasteiger partial charge in [0.2, 0.25) is 0 Å². The Kier molecular flexibility index (Phi) is 3.65. The normalized spacial score (nSPS) is 11.6. The topological polar surface area (TPSA) is 39.6 Å². The lowest BCUT2D eigenvalue weighted by Crippen LogP contribution is -1.89. The summed E-state index contributed by atoms with van der Waals surface area (Å²) in [5.41, 5.74) is 5.32. The highest BCUT2D eigenvalue weighted by Crippen LogP contribution is 2.45. The molecule has 2 heteroatoms. The van der Waals surface area contributed by atoms with Crippen LogP contribution in [-0.4, -0.2) is 4.98 Å². The second-order valence-corrected chi connectivity index (χ2v) is 8.55. The number of hydrogen-bond acceptors (Lipinski definition) is 1. The molecular formula is C31H18N2. The van der Waals surface area contributed by atoms with Crippen molar-refractivity contribution in [1.82, 2.24) is 4.98 Å². The minimum atomic E-state index is 0.674. The molecule has 7 rings (SSSR count). The maximum Gasteiger partial charge on any atom is 0.0991 e. The van der Waals surface area contributed by atoms with Crippen molar-refractivity contribution >= 4 is 54.1 Å². The van der Waals surface area contributed by atoms with Gasteiger partial charge in [-0.25, -0.2) is 0 Å². The smallest absolute Gasteiger partial charge is 0.0991 e. The quantitative estimate of drug-likeness (QED) is 0.267. The first kappa shape index (κ1) is 18.0. The summed E-state index contributed by atoms with van der Waals surface area (Å²) in [5.74, 6) is 0. The first-order valence-electron chi connectivity index (χ1n) is 11.1. The molecule has 0 spiro atoms. The van der Waals surface area contributed by atoms with E-state index in [2.05, 4.69) is 102 Å². The standard InChI is InChI=1S/C31H18N2/c32-18-19-13-15-20(16-14-19)26-17-21-7-1-2-8-22(21)29-28(26)23-9-3-4-10-24(23)31-30(29)25-11-5-6-12-27(25)33-31/h1-17,33H. The van der Waals surface area contributed by atoms with Crippen molar-refractivity contribution in [1.29, 1.82) is 5.26 Å². The summed E-state index contributed by atoms with van der Waals surface area (Å²) in [4.78, 5) is 3.72. The van der Waals surface area contributed by atoms with Gasteiger partial charge in [0.25, 0.3) is 0 Å². The fourth-order valence-electron chi connectivity index (χ4n) is 5.36. The average Bonchev–Trinajstić information content (AvgIpc) is 3.28. The number of H-pyrrole nitrogens is 1. The lowest BCUT2D eigenvalue weighted by atomic mass is 9.87. The Hall–Kier alpha value is -4.61. The average molecular weight is 418 g/mol. The molecule has 0 bridgehead atoms. The largest absolute Gasteiger partial charge is 0.354 e. The number of fused-ring (bicyclic) bond motifs is 10. The van der Waals surface area contributed by atoms with E-state index in [9.17, 15) is 5.26 Å². The van der Waals surface area contributed by atoms with Crippen LogP contribution in [0.1, 0.15) is 5.56 Å². The SMILES string of the molecule is N#Cc1ccc(-c2cc3ccccc3c3c2c2ccccc2c2[nH]c4ccccc4c23)cc1. The van der Waals surface area contributed by atoms with Gasteiger partial charge in [-0.15, -0.1) is 0 Å². The third kappa shape index (κ3) is 2.48. The van der Waals surface area contributed by atoms with E-state index < -0.39 is 0 Å². The number of benzene rings is 6. The second kappa shape index (κ2) is 6.69. The number of nitrogens with one attached hydrogen (secondary N) is 1. The molecule has 0 radical (unpaired) electrons. The van der Waals surface area contributed by atoms with E-state index in [-0.39, 0.29) is 0 Å². The van der Waals surface area contributed by atoms with Crippen LogP contribution >= 0.6 is 0 Å². The zero-order chi connectivity index (χ0) is 21.9. The molecule has 0 aliphatic rings. The van der Waals surface area contributed by atoms with Gasteiger partial charge in [-0.1, -0.05) is 78.9 Å². The van der Waals surface area contributed by atoms with Crippen LogP contribution in [0.4, 0.5) is 0 Å². The minimum absolute atomic E-state index is 0.674. The summed E-state index contributed by atoms with van der Waals surface area (Å²) in [6.45, 7) is 0. The van der Waals surface area contributed by atoms with Crippen LogP contribution in [0.15, 0.2) is 103 Å². The second-order valence-electron chi connectivity index (χ2n) is 8.55. The van der Waals surface area contributed by atoms with E-state index in [1.165, 1.54) is 54.2 Å². The molecule has 152 valence electrons. The fourth-order valence-corrected chi connectivity index (χ4v) is 5.36. The van der Waals surface area contributed by atoms with Crippen molar-refractivity contribution in [2.24, 2.45) is 0 Å². The number of para-hydroxylation sites is 1. The number of nitriles is 1. The molecule has 0 unspecified atom stereocenters. The summed E-state index contributed by atoms with van der Waals surface area (Å²) in [6.07, 6.45) is 0. The first-order valence-corrected chi connectivity index (χ1v) is 11.1. The number of rotatable bonds is 1. The van der Waals surface area contributed by atoms with Gasteiger partial charge < -0.3 is 4.98 Å². The van der Waals surface area contributed by atoms with Crippen LogP contribution in [0, 0.1) is 11.3 Å². The van der Waals surface area contributed by atoms with Crippen molar-refractivity contribution in [3.8, 4) is 17.2 Å². The Bertz CT molecular complexity index is 1920. The van der Waals surface area contributed by atoms with Gasteiger partial charge in [-0.3, -0.25) is 0 Å². The molecule has 6 aromatic carbocycles. The molecule has 0 saturated carbocycles. The van der Waals surface area contributed by atoms with Gasteiger partial charge in [0.1, 0.15) is 0 Å². The summed E-state index contributed by atoms with van der Waals surface area (Å²) < 4.78 is 0. The Morgan fingerprint density at radius 3 is 2.03 bits per heavy atom. The molecule has 1 N–H and O–H groups in total. The highest BCUT2D eigenvalue weighted by molar-refractivity contribution is 6.38. The minimum Gasteiger partial charge on any atom is -0.354 e. The molecule has 33 heavy (non-hydrogen) atoms. The van der Waals surface area contributed by atoms with E-state index >= 15 is 0 Å². The van der Waals surface area contributed by atoms with Crippen molar-refractivity contribution in [3.05, 3.63) is 109 Å². The summed E-state index contributed by atoms with van der Waals surface area (Å²) in [7, 11) is 0. The molecule has 0 fully saturated rings. The zero-order valence-corrected chi connectivity index (χ0v) is 17.8. The maximum atomic E-state index is 9.30. The predicted molar refractivity (Wildman–Crippen MR) is 138 cm³/mol. The van der Waals surface area contributed by atoms with Gasteiger partial charge >= 0.3 is 0 Å². The molecule has 0 saturated heterocycles. The van der Waals surface area contributed by atoms with E-state index in [4.69, 9.17) is 0 Å². The van der Waals surface area contributed by atoms with Crippen molar-refractivity contribution in [2.75, 3.05) is 0 Å². The lowest BCUT2D eigenvalue weighted by Gasteiger charge is -2.16. The van der Waals surface area contributed by atoms with Crippen LogP contribution in [-0.2, 0) is 0 Å². The number of aromatic amines is 1. The monoisotopic (exact) mass is 418 g/mol. The molecular weight excluding hydrogens is 400 g/mol. The molecule has 0 aliphatic carbocycles. The van der Waals surface area contributed by atoms with Gasteiger partial charge in [-0.05, 0) is 56.9 Å². The van der Waals surface area contributed by atoms with Crippen LogP contribution in [0.2, 0.25) is 0 Å². The Labute approximate surface area is 190 Å². The Morgan fingerprint density at radius 1 is 0.576 bits per heavy atom. The van der Waals surface area contributed by atoms with E-state index in [1.807, 2.05) is 12.1 Å². The zero-order valence-electron chi connectivity index (χ0n) is 17.8. The highest BCUT2D eigenvalue weighted by atomic mass is 14.7. The van der Waals surface area contributed by atoms with Gasteiger partial charge in [0, 0.05) is 27.1 Å². The fraction of sp³-hybridized carbons (Fsp3) is 0. The molecule has 0 atom stereocenters. The van der Waals surface area contributed by atoms with Gasteiger partial charge in [0.15, 0.2) is 0 Å². The van der Waals surface area contributed by atoms with Gasteiger partial charge in [0.05, 0.1) is 17.1 Å². The van der Waals surface area contributed by atoms with E-state index in [1.54, 1.807) is 0 Å². The molecule has 0 aliphatic heterocycles. The predicted octanol–water partition coefficient (Wildman–Crippen LogP) is 8.32. The molecule has 2 nitrogen and oxygen atoms in total. The lowest BCUT2D eigenvalue weighted by molar-refractivity contribution is 1.48. The number of aromatic nitrogens is 1. The Morgan fingerprint density at radius 2 is 1.24 bits per heavy atom. The summed E-state index contributed by atoms with van der Waals surface area (Å²) in [5, 5.41) is 19.3. The highest BCUT2D eigenvalue weighted by Gasteiger charge is 2.18. The third-order valence-electron chi connectivity index (χ3n) is 6.80. The van der Waals surface area contributed by atoms with Crippen LogP contribution in [0.3, 0.4) is 0 Å². The van der Waals surface area contributed by atoms with Crippen LogP contribution in [0.5, 0.6) is 0 Å². The van der Waals surface area contributed by atoms with Crippen molar-refractivity contribution in [2.45, 2.75) is 0 Å². The molecule has 7 aromatic rings. The van der Waals surface area contributed by atoms with Crippen molar-refractivity contribution < 1.29 is 0 Å². The Balaban J connectivity index is 1.82. The summed E-state index contributed by atoms with van der Waals surface area (Å²) in [6, 6.07) is 38.4. The number of hydrogen-bond donors (Lipinski definition) is 1. The van der Waals surface area contributed by atoms with E-state index in [0.29, 0.717) is 5.56 Å². The summed E-state index contributed by atoms with van der Waals surface area (Å²) >= 11 is 0. The maximum absolute atomic E-state index is 9.30. The molecule has 0 amide bonds. The molecule has 1 aromatic heterocycles. The van der Waals surface area contributed by atoms with Crippen LogP contribution < -0.4 is 0 Å². The number of nitrogens with zero attached hydrogens (tertiary/aromatic N) is 1. The van der Waals surface area contributed by atoms with Gasteiger partial charge in [-0.2, -0.15) is 5.26 Å². The molecule has 1 heterocycles. The van der Waals surface area contributed by atoms with Crippen molar-refractivity contribution in [3.63, 3.8) is 0 Å².